The van der Waals surface area contributed by atoms with Crippen molar-refractivity contribution in [2.45, 2.75) is 26.4 Å². The third-order valence-corrected chi connectivity index (χ3v) is 4.70. The van der Waals surface area contributed by atoms with E-state index in [0.717, 1.165) is 40.8 Å². The number of carbonyl (C=O) groups excluding carboxylic acids is 1. The summed E-state index contributed by atoms with van der Waals surface area (Å²) in [5, 5.41) is 18.2. The van der Waals surface area contributed by atoms with E-state index in [0.29, 0.717) is 6.42 Å². The SMILES string of the molecule is Cc1cc(C)n(-c2ccc(CCNC(=O)c3cc(OCC(F)(F)F)ccc3[N+](=O)[O-])cc2)n1. The van der Waals surface area contributed by atoms with Crippen LogP contribution in [0.5, 0.6) is 5.75 Å². The van der Waals surface area contributed by atoms with Crippen LogP contribution in [0.2, 0.25) is 0 Å². The van der Waals surface area contributed by atoms with Crippen LogP contribution in [-0.2, 0) is 6.42 Å². The number of alkyl halides is 3. The van der Waals surface area contributed by atoms with Gasteiger partial charge in [-0.25, -0.2) is 4.68 Å². The molecule has 2 aromatic carbocycles. The Morgan fingerprint density at radius 1 is 1.15 bits per heavy atom. The van der Waals surface area contributed by atoms with Gasteiger partial charge >= 0.3 is 6.18 Å². The van der Waals surface area contributed by atoms with Gasteiger partial charge in [0.25, 0.3) is 11.6 Å². The van der Waals surface area contributed by atoms with Crippen LogP contribution < -0.4 is 10.1 Å². The zero-order valence-electron chi connectivity index (χ0n) is 17.8. The predicted molar refractivity (Wildman–Crippen MR) is 114 cm³/mol. The molecule has 0 saturated carbocycles. The number of hydrogen-bond acceptors (Lipinski definition) is 5. The fourth-order valence-corrected chi connectivity index (χ4v) is 3.22. The van der Waals surface area contributed by atoms with Gasteiger partial charge in [-0.3, -0.25) is 14.9 Å². The molecule has 0 bridgehead atoms. The Morgan fingerprint density at radius 2 is 1.85 bits per heavy atom. The van der Waals surface area contributed by atoms with Crippen LogP contribution in [0.3, 0.4) is 0 Å². The molecule has 11 heteroatoms. The molecule has 1 amide bonds. The lowest BCUT2D eigenvalue weighted by Crippen LogP contribution is -2.26. The highest BCUT2D eigenvalue weighted by Gasteiger charge is 2.29. The standard InChI is InChI=1S/C22H21F3N4O4/c1-14-11-15(2)28(27-14)17-5-3-16(4-6-17)9-10-26-21(30)19-12-18(33-13-22(23,24)25)7-8-20(19)29(31)32/h3-8,11-12H,9-10,13H2,1-2H3,(H,26,30). The third kappa shape index (κ3) is 6.31. The van der Waals surface area contributed by atoms with Crippen LogP contribution in [0.25, 0.3) is 5.69 Å². The second-order valence-corrected chi connectivity index (χ2v) is 7.35. The molecule has 8 nitrogen and oxygen atoms in total. The summed E-state index contributed by atoms with van der Waals surface area (Å²) in [5.74, 6) is -1.07. The second kappa shape index (κ2) is 9.72. The maximum Gasteiger partial charge on any atom is 0.422 e. The van der Waals surface area contributed by atoms with E-state index in [1.165, 1.54) is 0 Å². The van der Waals surface area contributed by atoms with Gasteiger partial charge in [0, 0.05) is 18.3 Å². The van der Waals surface area contributed by atoms with E-state index in [1.54, 1.807) is 0 Å². The fourth-order valence-electron chi connectivity index (χ4n) is 3.22. The van der Waals surface area contributed by atoms with Gasteiger partial charge in [0.2, 0.25) is 0 Å². The number of nitro benzene ring substituents is 1. The number of amides is 1. The minimum Gasteiger partial charge on any atom is -0.484 e. The van der Waals surface area contributed by atoms with Gasteiger partial charge in [-0.1, -0.05) is 12.1 Å². The molecular weight excluding hydrogens is 441 g/mol. The highest BCUT2D eigenvalue weighted by atomic mass is 19.4. The predicted octanol–water partition coefficient (Wildman–Crippen LogP) is 4.31. The third-order valence-electron chi connectivity index (χ3n) is 4.70. The quantitative estimate of drug-likeness (QED) is 0.397. The van der Waals surface area contributed by atoms with E-state index in [1.807, 2.05) is 48.9 Å². The molecule has 0 fully saturated rings. The van der Waals surface area contributed by atoms with Gasteiger partial charge < -0.3 is 10.1 Å². The van der Waals surface area contributed by atoms with Crippen molar-refractivity contribution in [1.82, 2.24) is 15.1 Å². The number of nitrogens with zero attached hydrogens (tertiary/aromatic N) is 3. The highest BCUT2D eigenvalue weighted by molar-refractivity contribution is 5.98. The Kier molecular flexibility index (Phi) is 7.00. The van der Waals surface area contributed by atoms with Gasteiger partial charge in [0.15, 0.2) is 6.61 Å². The Labute approximate surface area is 187 Å². The fraction of sp³-hybridized carbons (Fsp3) is 0.273. The zero-order valence-corrected chi connectivity index (χ0v) is 17.8. The first-order chi connectivity index (χ1) is 15.5. The topological polar surface area (TPSA) is 99.3 Å². The number of benzene rings is 2. The van der Waals surface area contributed by atoms with Gasteiger partial charge in [-0.15, -0.1) is 0 Å². The Morgan fingerprint density at radius 3 is 2.42 bits per heavy atom. The molecule has 3 aromatic rings. The van der Waals surface area contributed by atoms with Crippen LogP contribution in [0.4, 0.5) is 18.9 Å². The van der Waals surface area contributed by atoms with Crippen molar-refractivity contribution < 1.29 is 27.6 Å². The number of aromatic nitrogens is 2. The zero-order chi connectivity index (χ0) is 24.2. The Balaban J connectivity index is 1.64. The number of halogens is 3. The Bertz CT molecular complexity index is 1160. The van der Waals surface area contributed by atoms with Crippen molar-refractivity contribution in [3.8, 4) is 11.4 Å². The van der Waals surface area contributed by atoms with Gasteiger partial charge in [0.05, 0.1) is 16.3 Å². The van der Waals surface area contributed by atoms with Crippen LogP contribution in [0.1, 0.15) is 27.3 Å². The van der Waals surface area contributed by atoms with E-state index in [4.69, 9.17) is 0 Å². The number of aryl methyl sites for hydroxylation is 2. The molecule has 0 unspecified atom stereocenters. The molecule has 33 heavy (non-hydrogen) atoms. The smallest absolute Gasteiger partial charge is 0.422 e. The molecule has 3 rings (SSSR count). The molecule has 1 aromatic heterocycles. The number of nitro groups is 1. The minimum absolute atomic E-state index is 0.170. The molecular formula is C22H21F3N4O4. The highest BCUT2D eigenvalue weighted by Crippen LogP contribution is 2.26. The number of carbonyl (C=O) groups is 1. The van der Waals surface area contributed by atoms with E-state index in [9.17, 15) is 28.1 Å². The molecule has 174 valence electrons. The molecule has 0 aliphatic carbocycles. The van der Waals surface area contributed by atoms with Gasteiger partial charge in [-0.2, -0.15) is 18.3 Å². The van der Waals surface area contributed by atoms with Crippen LogP contribution >= 0.6 is 0 Å². The summed E-state index contributed by atoms with van der Waals surface area (Å²) < 4.78 is 43.5. The summed E-state index contributed by atoms with van der Waals surface area (Å²) in [6.45, 7) is 2.46. The second-order valence-electron chi connectivity index (χ2n) is 7.35. The van der Waals surface area contributed by atoms with Crippen molar-refractivity contribution in [2.75, 3.05) is 13.2 Å². The van der Waals surface area contributed by atoms with Gasteiger partial charge in [0.1, 0.15) is 11.3 Å². The molecule has 1 heterocycles. The van der Waals surface area contributed by atoms with E-state index >= 15 is 0 Å². The van der Waals surface area contributed by atoms with Crippen molar-refractivity contribution in [2.24, 2.45) is 0 Å². The van der Waals surface area contributed by atoms with Crippen molar-refractivity contribution in [3.05, 3.63) is 81.2 Å². The largest absolute Gasteiger partial charge is 0.484 e. The minimum atomic E-state index is -4.57. The maximum atomic E-state index is 12.5. The molecule has 1 N–H and O–H groups in total. The molecule has 0 radical (unpaired) electrons. The summed E-state index contributed by atoms with van der Waals surface area (Å²) in [7, 11) is 0. The lowest BCUT2D eigenvalue weighted by atomic mass is 10.1. The monoisotopic (exact) mass is 462 g/mol. The van der Waals surface area contributed by atoms with Crippen LogP contribution in [0, 0.1) is 24.0 Å². The lowest BCUT2D eigenvalue weighted by molar-refractivity contribution is -0.385. The maximum absolute atomic E-state index is 12.5. The lowest BCUT2D eigenvalue weighted by Gasteiger charge is -2.11. The van der Waals surface area contributed by atoms with E-state index < -0.39 is 29.3 Å². The average molecular weight is 462 g/mol. The van der Waals surface area contributed by atoms with E-state index in [2.05, 4.69) is 15.2 Å². The first-order valence-corrected chi connectivity index (χ1v) is 9.92. The summed E-state index contributed by atoms with van der Waals surface area (Å²) >= 11 is 0. The number of ether oxygens (including phenoxy) is 1. The van der Waals surface area contributed by atoms with Gasteiger partial charge in [-0.05, 0) is 56.2 Å². The molecule has 0 atom stereocenters. The number of hydrogen-bond donors (Lipinski definition) is 1. The van der Waals surface area contributed by atoms with Crippen molar-refractivity contribution in [3.63, 3.8) is 0 Å². The average Bonchev–Trinajstić information content (AvgIpc) is 3.09. The Hall–Kier alpha value is -3.89. The molecule has 0 aliphatic heterocycles. The van der Waals surface area contributed by atoms with Crippen LogP contribution in [-0.4, -0.2) is 39.9 Å². The molecule has 0 saturated heterocycles. The summed E-state index contributed by atoms with van der Waals surface area (Å²) in [4.78, 5) is 22.9. The van der Waals surface area contributed by atoms with Crippen molar-refractivity contribution >= 4 is 11.6 Å². The number of nitrogens with one attached hydrogen (secondary N) is 1. The summed E-state index contributed by atoms with van der Waals surface area (Å²) in [6, 6.07) is 12.4. The number of rotatable bonds is 8. The first-order valence-electron chi connectivity index (χ1n) is 9.92. The first kappa shape index (κ1) is 23.8. The normalized spacial score (nSPS) is 11.3. The molecule has 0 spiro atoms. The molecule has 0 aliphatic rings. The summed E-state index contributed by atoms with van der Waals surface area (Å²) in [5.41, 5.74) is 2.80. The van der Waals surface area contributed by atoms with E-state index in [-0.39, 0.29) is 17.9 Å². The van der Waals surface area contributed by atoms with Crippen LogP contribution in [0.15, 0.2) is 48.5 Å². The summed E-state index contributed by atoms with van der Waals surface area (Å²) in [6.07, 6.45) is -4.13. The van der Waals surface area contributed by atoms with Crippen molar-refractivity contribution in [1.29, 1.82) is 0 Å².